The first-order valence-corrected chi connectivity index (χ1v) is 12.4. The van der Waals surface area contributed by atoms with Gasteiger partial charge < -0.3 is 4.79 Å². The zero-order valence-electron chi connectivity index (χ0n) is 15.7. The molecular weight excluding hydrogens is 358 g/mol. The van der Waals surface area contributed by atoms with E-state index in [1.807, 2.05) is 24.3 Å². The predicted molar refractivity (Wildman–Crippen MR) is 108 cm³/mol. The van der Waals surface area contributed by atoms with E-state index in [2.05, 4.69) is 19.6 Å². The van der Waals surface area contributed by atoms with Gasteiger partial charge in [0.05, 0.1) is 8.07 Å². The number of hydrogen-bond donors (Lipinski definition) is 0. The van der Waals surface area contributed by atoms with Crippen LogP contribution >= 0.6 is 0 Å². The third kappa shape index (κ3) is 3.37. The summed E-state index contributed by atoms with van der Waals surface area (Å²) in [6.07, 6.45) is 0.646. The lowest BCUT2D eigenvalue weighted by Gasteiger charge is -2.31. The van der Waals surface area contributed by atoms with Gasteiger partial charge in [-0.05, 0) is 17.7 Å². The molecule has 0 heterocycles. The molecule has 0 saturated carbocycles. The molecule has 0 aromatic heterocycles. The maximum atomic E-state index is 14.8. The van der Waals surface area contributed by atoms with E-state index in [4.69, 9.17) is 0 Å². The molecule has 0 radical (unpaired) electrons. The molecule has 0 amide bonds. The molecule has 0 atom stereocenters. The normalized spacial score (nSPS) is 12.0. The van der Waals surface area contributed by atoms with E-state index >= 15 is 0 Å². The van der Waals surface area contributed by atoms with Crippen molar-refractivity contribution >= 4 is 19.5 Å². The topological polar surface area (TPSA) is 17.1 Å². The van der Waals surface area contributed by atoms with Crippen LogP contribution in [-0.4, -0.2) is 14.4 Å². The molecule has 4 heteroatoms. The van der Waals surface area contributed by atoms with Crippen molar-refractivity contribution in [1.82, 2.24) is 0 Å². The maximum Gasteiger partial charge on any atom is 0.139 e. The molecule has 0 aliphatic heterocycles. The zero-order chi connectivity index (χ0) is 19.7. The molecule has 0 fully saturated rings. The van der Waals surface area contributed by atoms with Crippen LogP contribution in [0.25, 0.3) is 0 Å². The lowest BCUT2D eigenvalue weighted by molar-refractivity contribution is -0.110. The maximum absolute atomic E-state index is 14.8. The minimum atomic E-state index is -1.55. The largest absolute Gasteiger partial charge is 0.302 e. The Hall–Kier alpha value is -2.59. The van der Waals surface area contributed by atoms with E-state index in [1.54, 1.807) is 36.4 Å². The van der Waals surface area contributed by atoms with Crippen LogP contribution in [-0.2, 0) is 10.2 Å². The molecule has 0 aliphatic rings. The van der Waals surface area contributed by atoms with Crippen LogP contribution in [0.4, 0.5) is 8.78 Å². The Morgan fingerprint density at radius 3 is 1.56 bits per heavy atom. The van der Waals surface area contributed by atoms with Gasteiger partial charge in [-0.25, -0.2) is 8.78 Å². The van der Waals surface area contributed by atoms with E-state index in [9.17, 15) is 13.6 Å². The summed E-state index contributed by atoms with van der Waals surface area (Å²) in [7, 11) is -1.54. The van der Waals surface area contributed by atoms with Gasteiger partial charge in [0.25, 0.3) is 0 Å². The van der Waals surface area contributed by atoms with Crippen molar-refractivity contribution < 1.29 is 13.6 Å². The van der Waals surface area contributed by atoms with Crippen LogP contribution in [0.3, 0.4) is 0 Å². The van der Waals surface area contributed by atoms with E-state index in [-0.39, 0.29) is 11.1 Å². The molecule has 0 aliphatic carbocycles. The SMILES string of the molecule is C[Si](C)(C)c1ccc(C(C=O)(c2ccccc2F)c2ccccc2F)cc1. The smallest absolute Gasteiger partial charge is 0.139 e. The summed E-state index contributed by atoms with van der Waals surface area (Å²) >= 11 is 0. The number of hydrogen-bond acceptors (Lipinski definition) is 1. The number of carbonyl (C=O) groups is 1. The van der Waals surface area contributed by atoms with Crippen molar-refractivity contribution in [2.75, 3.05) is 0 Å². The first-order chi connectivity index (χ1) is 12.8. The highest BCUT2D eigenvalue weighted by molar-refractivity contribution is 6.88. The van der Waals surface area contributed by atoms with E-state index in [0.29, 0.717) is 11.8 Å². The summed E-state index contributed by atoms with van der Waals surface area (Å²) in [6.45, 7) is 6.67. The summed E-state index contributed by atoms with van der Waals surface area (Å²) in [5.41, 5.74) is -0.708. The van der Waals surface area contributed by atoms with Crippen molar-refractivity contribution in [2.45, 2.75) is 25.1 Å². The molecule has 3 aromatic rings. The van der Waals surface area contributed by atoms with Crippen LogP contribution < -0.4 is 5.19 Å². The quantitative estimate of drug-likeness (QED) is 0.344. The summed E-state index contributed by atoms with van der Waals surface area (Å²) in [5, 5.41) is 1.22. The second-order valence-electron chi connectivity index (χ2n) is 7.71. The summed E-state index contributed by atoms with van der Waals surface area (Å²) < 4.78 is 29.5. The number of halogens is 2. The van der Waals surface area contributed by atoms with Crippen molar-refractivity contribution in [1.29, 1.82) is 0 Å². The molecule has 0 saturated heterocycles. The van der Waals surface area contributed by atoms with Gasteiger partial charge in [-0.15, -0.1) is 0 Å². The Labute approximate surface area is 159 Å². The zero-order valence-corrected chi connectivity index (χ0v) is 16.7. The predicted octanol–water partition coefficient (Wildman–Crippen LogP) is 5.04. The lowest BCUT2D eigenvalue weighted by Crippen LogP contribution is -2.38. The molecule has 0 bridgehead atoms. The lowest BCUT2D eigenvalue weighted by atomic mass is 9.70. The average Bonchev–Trinajstić information content (AvgIpc) is 2.65. The Morgan fingerprint density at radius 1 is 0.741 bits per heavy atom. The van der Waals surface area contributed by atoms with Crippen LogP contribution in [0.2, 0.25) is 19.6 Å². The number of rotatable bonds is 5. The fourth-order valence-corrected chi connectivity index (χ4v) is 4.61. The fraction of sp³-hybridized carbons (Fsp3) is 0.174. The fourth-order valence-electron chi connectivity index (χ4n) is 3.45. The summed E-state index contributed by atoms with van der Waals surface area (Å²) in [5.74, 6) is -1.08. The van der Waals surface area contributed by atoms with Crippen molar-refractivity contribution in [3.05, 3.63) is 101 Å². The van der Waals surface area contributed by atoms with Gasteiger partial charge in [0.1, 0.15) is 23.3 Å². The highest BCUT2D eigenvalue weighted by Gasteiger charge is 2.40. The molecule has 27 heavy (non-hydrogen) atoms. The Kier molecular flexibility index (Phi) is 5.11. The van der Waals surface area contributed by atoms with Gasteiger partial charge in [0.15, 0.2) is 0 Å². The average molecular weight is 381 g/mol. The van der Waals surface area contributed by atoms with Crippen molar-refractivity contribution in [2.24, 2.45) is 0 Å². The minimum Gasteiger partial charge on any atom is -0.302 e. The second-order valence-corrected chi connectivity index (χ2v) is 12.8. The highest BCUT2D eigenvalue weighted by atomic mass is 28.3. The van der Waals surface area contributed by atoms with E-state index in [0.717, 1.165) is 0 Å². The van der Waals surface area contributed by atoms with Gasteiger partial charge in [0.2, 0.25) is 0 Å². The van der Waals surface area contributed by atoms with Crippen LogP contribution in [0, 0.1) is 11.6 Å². The van der Waals surface area contributed by atoms with Crippen LogP contribution in [0.1, 0.15) is 16.7 Å². The monoisotopic (exact) mass is 380 g/mol. The number of aldehydes is 1. The Morgan fingerprint density at radius 2 is 1.19 bits per heavy atom. The van der Waals surface area contributed by atoms with Gasteiger partial charge in [-0.2, -0.15) is 0 Å². The van der Waals surface area contributed by atoms with Crippen molar-refractivity contribution in [3.63, 3.8) is 0 Å². The third-order valence-electron chi connectivity index (χ3n) is 4.98. The highest BCUT2D eigenvalue weighted by Crippen LogP contribution is 2.39. The Bertz CT molecular complexity index is 913. The summed E-state index contributed by atoms with van der Waals surface area (Å²) in [6, 6.07) is 19.7. The molecule has 0 unspecified atom stereocenters. The Balaban J connectivity index is 2.33. The number of carbonyl (C=O) groups excluding carboxylic acids is 1. The number of benzene rings is 3. The third-order valence-corrected chi connectivity index (χ3v) is 7.05. The van der Waals surface area contributed by atoms with Gasteiger partial charge in [0, 0.05) is 11.1 Å². The molecule has 0 spiro atoms. The van der Waals surface area contributed by atoms with Crippen LogP contribution in [0.15, 0.2) is 72.8 Å². The standard InChI is InChI=1S/C23H22F2OSi/c1-27(2,3)18-14-12-17(13-15-18)23(16-26,19-8-4-6-10-21(19)24)20-9-5-7-11-22(20)25/h4-16H,1-3H3. The second kappa shape index (κ2) is 7.20. The molecule has 3 aromatic carbocycles. The molecule has 1 nitrogen and oxygen atoms in total. The van der Waals surface area contributed by atoms with Gasteiger partial charge >= 0.3 is 0 Å². The van der Waals surface area contributed by atoms with Gasteiger partial charge in [-0.3, -0.25) is 0 Å². The minimum absolute atomic E-state index is 0.144. The first kappa shape index (κ1) is 19.2. The first-order valence-electron chi connectivity index (χ1n) is 8.88. The molecule has 3 rings (SSSR count). The molecule has 138 valence electrons. The molecular formula is C23H22F2OSi. The van der Waals surface area contributed by atoms with Crippen LogP contribution in [0.5, 0.6) is 0 Å². The van der Waals surface area contributed by atoms with E-state index < -0.39 is 25.1 Å². The van der Waals surface area contributed by atoms with Crippen molar-refractivity contribution in [3.8, 4) is 0 Å². The van der Waals surface area contributed by atoms with Gasteiger partial charge in [-0.1, -0.05) is 85.5 Å². The van der Waals surface area contributed by atoms with E-state index in [1.165, 1.54) is 17.3 Å². The summed E-state index contributed by atoms with van der Waals surface area (Å²) in [4.78, 5) is 12.5. The molecule has 0 N–H and O–H groups in total.